The van der Waals surface area contributed by atoms with Gasteiger partial charge in [-0.3, -0.25) is 0 Å². The Morgan fingerprint density at radius 3 is 2.55 bits per heavy atom. The number of hydrogen-bond acceptors (Lipinski definition) is 0. The van der Waals surface area contributed by atoms with Gasteiger partial charge in [-0.25, -0.2) is 0 Å². The zero-order chi connectivity index (χ0) is 14.7. The second-order valence-corrected chi connectivity index (χ2v) is 8.46. The maximum atomic E-state index is 3.93. The smallest absolute Gasteiger partial charge is 0.0543 e. The van der Waals surface area contributed by atoms with Gasteiger partial charge in [0.15, 0.2) is 0 Å². The molecule has 0 nitrogen and oxygen atoms in total. The molecule has 0 saturated heterocycles. The molecule has 0 spiro atoms. The molecule has 0 saturated carbocycles. The summed E-state index contributed by atoms with van der Waals surface area (Å²) in [6.45, 7) is 8.87. The zero-order valence-electron chi connectivity index (χ0n) is 12.2. The molecule has 1 aliphatic carbocycles. The van der Waals surface area contributed by atoms with E-state index in [-0.39, 0.29) is 4.32 Å². The highest BCUT2D eigenvalue weighted by Crippen LogP contribution is 2.46. The van der Waals surface area contributed by atoms with Crippen LogP contribution in [-0.2, 0) is 4.32 Å². The number of benzene rings is 2. The fourth-order valence-electron chi connectivity index (χ4n) is 2.89. The van der Waals surface area contributed by atoms with Crippen LogP contribution in [0.3, 0.4) is 0 Å². The predicted molar refractivity (Wildman–Crippen MR) is 95.6 cm³/mol. The van der Waals surface area contributed by atoms with Gasteiger partial charge in [-0.2, -0.15) is 0 Å². The van der Waals surface area contributed by atoms with E-state index >= 15 is 0 Å². The summed E-state index contributed by atoms with van der Waals surface area (Å²) in [6.07, 6.45) is 4.54. The standard InChI is InChI=1S/C18H18Br2/c1-10-7-14-9-16-13(6-5-11(2)18(16,4)20)8-15(14)17(19)12(10)3/h5-9,11H,1-4H3. The fraction of sp³-hybridized carbons (Fsp3) is 0.333. The van der Waals surface area contributed by atoms with Crippen LogP contribution < -0.4 is 0 Å². The Bertz CT molecular complexity index is 739. The van der Waals surface area contributed by atoms with Crippen molar-refractivity contribution in [2.24, 2.45) is 5.92 Å². The van der Waals surface area contributed by atoms with Crippen molar-refractivity contribution < 1.29 is 0 Å². The first-order chi connectivity index (χ1) is 9.32. The van der Waals surface area contributed by atoms with Crippen molar-refractivity contribution in [3.63, 3.8) is 0 Å². The molecule has 0 amide bonds. The molecule has 2 aromatic carbocycles. The lowest BCUT2D eigenvalue weighted by Crippen LogP contribution is -2.25. The van der Waals surface area contributed by atoms with Crippen molar-refractivity contribution >= 4 is 48.7 Å². The number of allylic oxidation sites excluding steroid dienone is 1. The van der Waals surface area contributed by atoms with E-state index in [1.165, 1.54) is 37.5 Å². The molecule has 0 N–H and O–H groups in total. The lowest BCUT2D eigenvalue weighted by molar-refractivity contribution is 0.544. The monoisotopic (exact) mass is 392 g/mol. The van der Waals surface area contributed by atoms with Gasteiger partial charge in [0, 0.05) is 4.47 Å². The second kappa shape index (κ2) is 4.71. The topological polar surface area (TPSA) is 0 Å². The molecule has 3 rings (SSSR count). The molecule has 2 atom stereocenters. The minimum Gasteiger partial charge on any atom is -0.0798 e. The molecular weight excluding hydrogens is 376 g/mol. The van der Waals surface area contributed by atoms with Crippen molar-refractivity contribution in [3.8, 4) is 0 Å². The Morgan fingerprint density at radius 1 is 1.15 bits per heavy atom. The number of aryl methyl sites for hydroxylation is 1. The van der Waals surface area contributed by atoms with Gasteiger partial charge in [-0.05, 0) is 87.8 Å². The Balaban J connectivity index is 2.38. The first-order valence-electron chi connectivity index (χ1n) is 6.93. The van der Waals surface area contributed by atoms with Crippen LogP contribution in [0, 0.1) is 19.8 Å². The van der Waals surface area contributed by atoms with E-state index in [0.29, 0.717) is 5.92 Å². The summed E-state index contributed by atoms with van der Waals surface area (Å²) in [7, 11) is 0. The normalized spacial score (nSPS) is 25.0. The molecule has 2 unspecified atom stereocenters. The molecule has 20 heavy (non-hydrogen) atoms. The van der Waals surface area contributed by atoms with Crippen LogP contribution in [0.5, 0.6) is 0 Å². The number of alkyl halides is 1. The van der Waals surface area contributed by atoms with Gasteiger partial charge < -0.3 is 0 Å². The fourth-order valence-corrected chi connectivity index (χ4v) is 4.05. The predicted octanol–water partition coefficient (Wildman–Crippen LogP) is 6.49. The molecule has 104 valence electrons. The summed E-state index contributed by atoms with van der Waals surface area (Å²) in [5.41, 5.74) is 5.36. The number of rotatable bonds is 0. The van der Waals surface area contributed by atoms with E-state index in [1.807, 2.05) is 0 Å². The Morgan fingerprint density at radius 2 is 1.85 bits per heavy atom. The summed E-state index contributed by atoms with van der Waals surface area (Å²) in [4.78, 5) is 0. The van der Waals surface area contributed by atoms with Crippen molar-refractivity contribution in [1.82, 2.24) is 0 Å². The molecule has 0 fully saturated rings. The average Bonchev–Trinajstić information content (AvgIpc) is 2.40. The van der Waals surface area contributed by atoms with Crippen LogP contribution in [0.4, 0.5) is 0 Å². The third-order valence-corrected chi connectivity index (χ3v) is 6.87. The van der Waals surface area contributed by atoms with Gasteiger partial charge in [0.2, 0.25) is 0 Å². The van der Waals surface area contributed by atoms with Gasteiger partial charge in [-0.1, -0.05) is 41.1 Å². The zero-order valence-corrected chi connectivity index (χ0v) is 15.4. The third-order valence-electron chi connectivity index (χ3n) is 4.70. The minimum atomic E-state index is 0.0105. The molecule has 0 heterocycles. The van der Waals surface area contributed by atoms with E-state index < -0.39 is 0 Å². The maximum Gasteiger partial charge on any atom is 0.0543 e. The van der Waals surface area contributed by atoms with Crippen LogP contribution in [0.15, 0.2) is 28.7 Å². The summed E-state index contributed by atoms with van der Waals surface area (Å²) >= 11 is 7.69. The van der Waals surface area contributed by atoms with Crippen molar-refractivity contribution in [3.05, 3.63) is 51.0 Å². The molecule has 0 bridgehead atoms. The first kappa shape index (κ1) is 14.3. The molecule has 1 aliphatic rings. The van der Waals surface area contributed by atoms with Crippen LogP contribution in [0.2, 0.25) is 0 Å². The molecule has 2 aromatic rings. The van der Waals surface area contributed by atoms with Crippen molar-refractivity contribution in [2.45, 2.75) is 32.0 Å². The quantitative estimate of drug-likeness (QED) is 0.448. The molecular formula is C18H18Br2. The van der Waals surface area contributed by atoms with Crippen LogP contribution in [0.1, 0.15) is 36.1 Å². The van der Waals surface area contributed by atoms with E-state index in [2.05, 4.69) is 89.9 Å². The summed E-state index contributed by atoms with van der Waals surface area (Å²) in [5, 5.41) is 2.61. The van der Waals surface area contributed by atoms with Gasteiger partial charge in [0.25, 0.3) is 0 Å². The van der Waals surface area contributed by atoms with Crippen molar-refractivity contribution in [2.75, 3.05) is 0 Å². The highest BCUT2D eigenvalue weighted by atomic mass is 79.9. The maximum absolute atomic E-state index is 3.93. The summed E-state index contributed by atoms with van der Waals surface area (Å²) < 4.78 is 1.23. The third kappa shape index (κ3) is 2.00. The Kier molecular flexibility index (Phi) is 3.38. The molecule has 0 aliphatic heterocycles. The van der Waals surface area contributed by atoms with Crippen LogP contribution >= 0.6 is 31.9 Å². The van der Waals surface area contributed by atoms with E-state index in [1.54, 1.807) is 0 Å². The van der Waals surface area contributed by atoms with Crippen LogP contribution in [-0.4, -0.2) is 0 Å². The van der Waals surface area contributed by atoms with Gasteiger partial charge in [0.1, 0.15) is 0 Å². The van der Waals surface area contributed by atoms with Gasteiger partial charge in [0.05, 0.1) is 4.32 Å². The van der Waals surface area contributed by atoms with E-state index in [4.69, 9.17) is 0 Å². The number of fused-ring (bicyclic) bond motifs is 2. The number of hydrogen-bond donors (Lipinski definition) is 0. The lowest BCUT2D eigenvalue weighted by atomic mass is 9.80. The minimum absolute atomic E-state index is 0.0105. The highest BCUT2D eigenvalue weighted by molar-refractivity contribution is 9.10. The number of halogens is 2. The Labute approximate surface area is 137 Å². The van der Waals surface area contributed by atoms with Crippen LogP contribution in [0.25, 0.3) is 16.8 Å². The first-order valence-corrected chi connectivity index (χ1v) is 8.52. The highest BCUT2D eigenvalue weighted by Gasteiger charge is 2.33. The Hall–Kier alpha value is -0.600. The van der Waals surface area contributed by atoms with Crippen molar-refractivity contribution in [1.29, 1.82) is 0 Å². The molecule has 0 aromatic heterocycles. The SMILES string of the molecule is Cc1cc2cc3c(cc2c(Br)c1C)C=CC(C)C3(C)Br. The van der Waals surface area contributed by atoms with Gasteiger partial charge in [-0.15, -0.1) is 0 Å². The van der Waals surface area contributed by atoms with E-state index in [9.17, 15) is 0 Å². The molecule has 0 radical (unpaired) electrons. The average molecular weight is 394 g/mol. The summed E-state index contributed by atoms with van der Waals surface area (Å²) in [5.74, 6) is 0.488. The second-order valence-electron chi connectivity index (χ2n) is 6.02. The summed E-state index contributed by atoms with van der Waals surface area (Å²) in [6, 6.07) is 6.95. The van der Waals surface area contributed by atoms with E-state index in [0.717, 1.165) is 0 Å². The van der Waals surface area contributed by atoms with Gasteiger partial charge >= 0.3 is 0 Å². The molecule has 2 heteroatoms. The lowest BCUT2D eigenvalue weighted by Gasteiger charge is -2.33. The largest absolute Gasteiger partial charge is 0.0798 e.